The van der Waals surface area contributed by atoms with Crippen LogP contribution >= 0.6 is 0 Å². The summed E-state index contributed by atoms with van der Waals surface area (Å²) >= 11 is 0. The number of carbonyl (C=O) groups excluding carboxylic acids is 1. The molecule has 1 aliphatic heterocycles. The Morgan fingerprint density at radius 2 is 2.10 bits per heavy atom. The van der Waals surface area contributed by atoms with Gasteiger partial charge in [0.25, 0.3) is 5.91 Å². The first-order chi connectivity index (χ1) is 9.58. The van der Waals surface area contributed by atoms with Gasteiger partial charge in [0.15, 0.2) is 0 Å². The first-order valence-electron chi connectivity index (χ1n) is 6.75. The van der Waals surface area contributed by atoms with Gasteiger partial charge in [-0.05, 0) is 33.6 Å². The molecule has 0 spiro atoms. The number of hydrogen-bond acceptors (Lipinski definition) is 5. The highest BCUT2D eigenvalue weighted by Crippen LogP contribution is 2.36. The third kappa shape index (κ3) is 2.01. The van der Waals surface area contributed by atoms with Crippen molar-refractivity contribution in [3.05, 3.63) is 34.5 Å². The molecule has 6 heteroatoms. The molecule has 1 atom stereocenters. The molecule has 3 rings (SSSR count). The number of amides is 1. The van der Waals surface area contributed by atoms with Crippen LogP contribution in [0.15, 0.2) is 15.1 Å². The molecule has 2 aromatic heterocycles. The molecule has 0 aliphatic carbocycles. The summed E-state index contributed by atoms with van der Waals surface area (Å²) < 4.78 is 10.3. The monoisotopic (exact) mass is 275 g/mol. The number of carbonyl (C=O) groups is 1. The van der Waals surface area contributed by atoms with Crippen molar-refractivity contribution >= 4 is 5.91 Å². The minimum Gasteiger partial charge on any atom is -0.361 e. The largest absolute Gasteiger partial charge is 0.361 e. The topological polar surface area (TPSA) is 72.4 Å². The van der Waals surface area contributed by atoms with E-state index in [0.717, 1.165) is 29.9 Å². The average molecular weight is 275 g/mol. The van der Waals surface area contributed by atoms with Gasteiger partial charge in [0.2, 0.25) is 5.76 Å². The molecular formula is C14H17N3O3. The lowest BCUT2D eigenvalue weighted by molar-refractivity contribution is 0.0692. The van der Waals surface area contributed by atoms with E-state index in [1.54, 1.807) is 13.0 Å². The van der Waals surface area contributed by atoms with E-state index < -0.39 is 0 Å². The number of nitrogens with zero attached hydrogens (tertiary/aromatic N) is 3. The fraction of sp³-hybridized carbons (Fsp3) is 0.500. The average Bonchev–Trinajstić information content (AvgIpc) is 3.10. The fourth-order valence-corrected chi connectivity index (χ4v) is 2.88. The van der Waals surface area contributed by atoms with E-state index in [1.807, 2.05) is 18.7 Å². The Hall–Kier alpha value is -2.11. The number of aromatic nitrogens is 2. The molecule has 106 valence electrons. The van der Waals surface area contributed by atoms with E-state index in [2.05, 4.69) is 10.3 Å². The second-order valence-electron chi connectivity index (χ2n) is 5.23. The number of rotatable bonds is 2. The van der Waals surface area contributed by atoms with Crippen LogP contribution in [0, 0.1) is 20.8 Å². The molecule has 0 N–H and O–H groups in total. The highest BCUT2D eigenvalue weighted by Gasteiger charge is 2.35. The number of likely N-dealkylation sites (tertiary alicyclic amines) is 1. The van der Waals surface area contributed by atoms with Crippen molar-refractivity contribution in [3.63, 3.8) is 0 Å². The van der Waals surface area contributed by atoms with Gasteiger partial charge in [0.1, 0.15) is 5.76 Å². The van der Waals surface area contributed by atoms with Gasteiger partial charge in [0, 0.05) is 18.2 Å². The lowest BCUT2D eigenvalue weighted by Gasteiger charge is -2.23. The summed E-state index contributed by atoms with van der Waals surface area (Å²) in [5.74, 6) is 0.954. The molecule has 0 saturated carbocycles. The molecule has 1 saturated heterocycles. The number of aryl methyl sites for hydroxylation is 3. The van der Waals surface area contributed by atoms with E-state index >= 15 is 0 Å². The predicted octanol–water partition coefficient (Wildman–Crippen LogP) is 2.57. The Bertz CT molecular complexity index is 624. The van der Waals surface area contributed by atoms with E-state index in [4.69, 9.17) is 9.05 Å². The fourth-order valence-electron chi connectivity index (χ4n) is 2.88. The standard InChI is InChI=1S/C14H17N3O3/c1-8-7-12(20-15-8)14(18)17-6-4-5-11(17)13-9(2)16-19-10(13)3/h7,11H,4-6H2,1-3H3/t11-/m1/s1. The van der Waals surface area contributed by atoms with Crippen LogP contribution in [-0.2, 0) is 0 Å². The summed E-state index contributed by atoms with van der Waals surface area (Å²) in [7, 11) is 0. The van der Waals surface area contributed by atoms with Gasteiger partial charge in [-0.15, -0.1) is 0 Å². The van der Waals surface area contributed by atoms with Crippen LogP contribution in [0.2, 0.25) is 0 Å². The Kier molecular flexibility index (Phi) is 3.08. The van der Waals surface area contributed by atoms with Crippen LogP contribution < -0.4 is 0 Å². The Morgan fingerprint density at radius 3 is 2.70 bits per heavy atom. The second kappa shape index (κ2) is 4.77. The van der Waals surface area contributed by atoms with E-state index in [-0.39, 0.29) is 11.9 Å². The lowest BCUT2D eigenvalue weighted by Crippen LogP contribution is -2.30. The van der Waals surface area contributed by atoms with Gasteiger partial charge in [0.05, 0.1) is 17.4 Å². The molecule has 1 aliphatic rings. The van der Waals surface area contributed by atoms with Crippen LogP contribution in [0.5, 0.6) is 0 Å². The first kappa shape index (κ1) is 12.9. The van der Waals surface area contributed by atoms with Crippen molar-refractivity contribution in [1.29, 1.82) is 0 Å². The van der Waals surface area contributed by atoms with Gasteiger partial charge >= 0.3 is 0 Å². The maximum Gasteiger partial charge on any atom is 0.292 e. The maximum atomic E-state index is 12.5. The third-order valence-electron chi connectivity index (χ3n) is 3.77. The summed E-state index contributed by atoms with van der Waals surface area (Å²) in [5.41, 5.74) is 2.58. The van der Waals surface area contributed by atoms with Crippen molar-refractivity contribution in [3.8, 4) is 0 Å². The first-order valence-corrected chi connectivity index (χ1v) is 6.75. The molecule has 2 aromatic rings. The van der Waals surface area contributed by atoms with Crippen LogP contribution in [0.1, 0.15) is 52.1 Å². The Morgan fingerprint density at radius 1 is 1.30 bits per heavy atom. The molecule has 0 aromatic carbocycles. The van der Waals surface area contributed by atoms with Gasteiger partial charge in [-0.3, -0.25) is 4.79 Å². The summed E-state index contributed by atoms with van der Waals surface area (Å²) in [5, 5.41) is 7.76. The van der Waals surface area contributed by atoms with Crippen molar-refractivity contribution in [2.24, 2.45) is 0 Å². The highest BCUT2D eigenvalue weighted by atomic mass is 16.5. The second-order valence-corrected chi connectivity index (χ2v) is 5.23. The third-order valence-corrected chi connectivity index (χ3v) is 3.77. The van der Waals surface area contributed by atoms with Crippen LogP contribution in [0.25, 0.3) is 0 Å². The summed E-state index contributed by atoms with van der Waals surface area (Å²) in [6.45, 7) is 6.31. The summed E-state index contributed by atoms with van der Waals surface area (Å²) in [6.07, 6.45) is 1.88. The minimum atomic E-state index is -0.117. The molecule has 1 amide bonds. The predicted molar refractivity (Wildman–Crippen MR) is 70.2 cm³/mol. The van der Waals surface area contributed by atoms with Crippen molar-refractivity contribution in [2.45, 2.75) is 39.7 Å². The molecule has 3 heterocycles. The van der Waals surface area contributed by atoms with Gasteiger partial charge < -0.3 is 13.9 Å². The van der Waals surface area contributed by atoms with Crippen molar-refractivity contribution < 1.29 is 13.8 Å². The molecule has 0 bridgehead atoms. The van der Waals surface area contributed by atoms with Crippen molar-refractivity contribution in [2.75, 3.05) is 6.54 Å². The van der Waals surface area contributed by atoms with E-state index in [0.29, 0.717) is 18.0 Å². The SMILES string of the molecule is Cc1cc(C(=O)N2CCC[C@@H]2c2c(C)noc2C)on1. The van der Waals surface area contributed by atoms with Gasteiger partial charge in [-0.2, -0.15) is 0 Å². The maximum absolute atomic E-state index is 12.5. The zero-order valence-corrected chi connectivity index (χ0v) is 11.8. The molecule has 1 fully saturated rings. The zero-order valence-electron chi connectivity index (χ0n) is 11.8. The molecule has 0 radical (unpaired) electrons. The van der Waals surface area contributed by atoms with Gasteiger partial charge in [-0.25, -0.2) is 0 Å². The normalized spacial score (nSPS) is 18.8. The molecule has 6 nitrogen and oxygen atoms in total. The van der Waals surface area contributed by atoms with Crippen LogP contribution in [0.4, 0.5) is 0 Å². The Balaban J connectivity index is 1.91. The zero-order chi connectivity index (χ0) is 14.3. The van der Waals surface area contributed by atoms with Crippen molar-refractivity contribution in [1.82, 2.24) is 15.2 Å². The molecule has 0 unspecified atom stereocenters. The Labute approximate surface area is 116 Å². The number of hydrogen-bond donors (Lipinski definition) is 0. The van der Waals surface area contributed by atoms with E-state index in [9.17, 15) is 4.79 Å². The van der Waals surface area contributed by atoms with E-state index in [1.165, 1.54) is 0 Å². The smallest absolute Gasteiger partial charge is 0.292 e. The van der Waals surface area contributed by atoms with Gasteiger partial charge in [-0.1, -0.05) is 10.3 Å². The lowest BCUT2D eigenvalue weighted by atomic mass is 10.0. The summed E-state index contributed by atoms with van der Waals surface area (Å²) in [6, 6.07) is 1.68. The highest BCUT2D eigenvalue weighted by molar-refractivity contribution is 5.92. The van der Waals surface area contributed by atoms with Crippen LogP contribution in [-0.4, -0.2) is 27.7 Å². The molecule has 20 heavy (non-hydrogen) atoms. The molecular weight excluding hydrogens is 258 g/mol. The minimum absolute atomic E-state index is 0.0131. The van der Waals surface area contributed by atoms with Crippen LogP contribution in [0.3, 0.4) is 0 Å². The summed E-state index contributed by atoms with van der Waals surface area (Å²) in [4.78, 5) is 14.4. The quantitative estimate of drug-likeness (QED) is 0.842.